The van der Waals surface area contributed by atoms with Gasteiger partial charge in [-0.2, -0.15) is 5.10 Å². The van der Waals surface area contributed by atoms with E-state index in [-0.39, 0.29) is 34.5 Å². The summed E-state index contributed by atoms with van der Waals surface area (Å²) in [5, 5.41) is 5.15. The Labute approximate surface area is 250 Å². The molecule has 1 spiro atoms. The summed E-state index contributed by atoms with van der Waals surface area (Å²) in [6.07, 6.45) is 6.78. The zero-order valence-electron chi connectivity index (χ0n) is 23.9. The Morgan fingerprint density at radius 1 is 0.976 bits per heavy atom. The fourth-order valence-electron chi connectivity index (χ4n) is 6.65. The monoisotopic (exact) mass is 583 g/mol. The van der Waals surface area contributed by atoms with Gasteiger partial charge in [-0.3, -0.25) is 14.3 Å². The molecule has 9 heteroatoms. The highest BCUT2D eigenvalue weighted by Crippen LogP contribution is 2.55. The van der Waals surface area contributed by atoms with E-state index in [4.69, 9.17) is 21.0 Å². The van der Waals surface area contributed by atoms with Crippen LogP contribution in [0.1, 0.15) is 59.3 Å². The molecule has 8 nitrogen and oxygen atoms in total. The van der Waals surface area contributed by atoms with E-state index in [1.807, 2.05) is 70.6 Å². The summed E-state index contributed by atoms with van der Waals surface area (Å²) in [5.41, 5.74) is 2.56. The molecule has 0 N–H and O–H groups in total. The van der Waals surface area contributed by atoms with E-state index in [2.05, 4.69) is 18.9 Å². The Morgan fingerprint density at radius 3 is 2.40 bits per heavy atom. The number of carbonyl (C=O) groups is 2. The molecule has 0 radical (unpaired) electrons. The number of halogens is 1. The van der Waals surface area contributed by atoms with E-state index in [9.17, 15) is 9.59 Å². The molecular formula is C33H34ClN5O3. The van der Waals surface area contributed by atoms with Gasteiger partial charge < -0.3 is 14.2 Å². The van der Waals surface area contributed by atoms with Gasteiger partial charge in [-0.05, 0) is 35.1 Å². The van der Waals surface area contributed by atoms with Crippen molar-refractivity contribution >= 4 is 23.4 Å². The fraction of sp³-hybridized carbons (Fsp3) is 0.394. The minimum Gasteiger partial charge on any atom is -0.445 e. The Morgan fingerprint density at radius 2 is 1.69 bits per heavy atom. The number of hydrogen-bond donors (Lipinski definition) is 0. The summed E-state index contributed by atoms with van der Waals surface area (Å²) in [5.74, 6) is 1.56. The van der Waals surface area contributed by atoms with E-state index >= 15 is 0 Å². The van der Waals surface area contributed by atoms with Crippen molar-refractivity contribution < 1.29 is 14.0 Å². The van der Waals surface area contributed by atoms with Crippen LogP contribution in [0.2, 0.25) is 5.02 Å². The van der Waals surface area contributed by atoms with Gasteiger partial charge in [-0.15, -0.1) is 0 Å². The highest BCUT2D eigenvalue weighted by molar-refractivity contribution is 6.30. The van der Waals surface area contributed by atoms with Crippen molar-refractivity contribution in [1.29, 1.82) is 0 Å². The van der Waals surface area contributed by atoms with E-state index in [0.717, 1.165) is 23.3 Å². The zero-order valence-corrected chi connectivity index (χ0v) is 24.6. The standard InChI is InChI=1S/C33H34ClN5O3/c1-32(2)13-27(32)31(41)38-20-33(21-38)19-37(30(40)24-14-36-39(17-24)16-23-6-4-3-5-7-23)18-28(33)29-35-15-26(42-29)12-22-8-10-25(34)11-9-22/h3-11,14-15,17,27-28H,12-13,16,18-21H2,1-2H3/t27-,28?/m1/s1. The van der Waals surface area contributed by atoms with Gasteiger partial charge in [0.25, 0.3) is 5.91 Å². The number of rotatable bonds is 7. The first-order chi connectivity index (χ1) is 20.2. The van der Waals surface area contributed by atoms with Gasteiger partial charge in [0, 0.05) is 55.2 Å². The largest absolute Gasteiger partial charge is 0.445 e. The van der Waals surface area contributed by atoms with Crippen LogP contribution in [0.15, 0.2) is 77.6 Å². The molecule has 42 heavy (non-hydrogen) atoms. The van der Waals surface area contributed by atoms with Crippen LogP contribution < -0.4 is 0 Å². The molecule has 1 unspecified atom stereocenters. The van der Waals surface area contributed by atoms with Crippen molar-refractivity contribution in [1.82, 2.24) is 24.6 Å². The third-order valence-corrected chi connectivity index (χ3v) is 9.55. The number of likely N-dealkylation sites (tertiary alicyclic amines) is 2. The Hall–Kier alpha value is -3.91. The number of benzene rings is 2. The summed E-state index contributed by atoms with van der Waals surface area (Å²) in [4.78, 5) is 35.5. The predicted molar refractivity (Wildman–Crippen MR) is 158 cm³/mol. The van der Waals surface area contributed by atoms with Gasteiger partial charge in [-0.25, -0.2) is 4.98 Å². The number of amides is 2. The fourth-order valence-corrected chi connectivity index (χ4v) is 6.77. The van der Waals surface area contributed by atoms with Gasteiger partial charge in [-0.1, -0.05) is 67.9 Å². The lowest BCUT2D eigenvalue weighted by molar-refractivity contribution is -0.146. The molecule has 216 valence electrons. The van der Waals surface area contributed by atoms with Crippen LogP contribution in [0.5, 0.6) is 0 Å². The van der Waals surface area contributed by atoms with Gasteiger partial charge in [0.05, 0.1) is 30.4 Å². The summed E-state index contributed by atoms with van der Waals surface area (Å²) >= 11 is 6.05. The van der Waals surface area contributed by atoms with E-state index < -0.39 is 0 Å². The van der Waals surface area contributed by atoms with Crippen molar-refractivity contribution in [2.24, 2.45) is 16.7 Å². The maximum atomic E-state index is 13.7. The highest BCUT2D eigenvalue weighted by Gasteiger charge is 2.61. The van der Waals surface area contributed by atoms with Crippen LogP contribution in [0.4, 0.5) is 0 Å². The number of hydrogen-bond acceptors (Lipinski definition) is 5. The molecule has 1 saturated carbocycles. The Kier molecular flexibility index (Phi) is 6.50. The predicted octanol–water partition coefficient (Wildman–Crippen LogP) is 5.28. The molecule has 1 aliphatic carbocycles. The summed E-state index contributed by atoms with van der Waals surface area (Å²) < 4.78 is 8.12. The second-order valence-corrected chi connectivity index (χ2v) is 13.4. The normalized spacial score (nSPS) is 21.9. The first-order valence-corrected chi connectivity index (χ1v) is 14.9. The van der Waals surface area contributed by atoms with Crippen LogP contribution in [0.25, 0.3) is 0 Å². The Bertz CT molecular complexity index is 1620. The quantitative estimate of drug-likeness (QED) is 0.296. The minimum absolute atomic E-state index is 0.0581. The molecular weight excluding hydrogens is 550 g/mol. The van der Waals surface area contributed by atoms with E-state index in [1.165, 1.54) is 0 Å². The topological polar surface area (TPSA) is 84.5 Å². The molecule has 2 saturated heterocycles. The van der Waals surface area contributed by atoms with Crippen LogP contribution in [-0.4, -0.2) is 62.6 Å². The third kappa shape index (κ3) is 5.02. The zero-order chi connectivity index (χ0) is 29.1. The minimum atomic E-state index is -0.285. The molecule has 0 bridgehead atoms. The van der Waals surface area contributed by atoms with Gasteiger partial charge in [0.2, 0.25) is 5.91 Å². The molecule has 2 amide bonds. The van der Waals surface area contributed by atoms with Gasteiger partial charge in [0.1, 0.15) is 5.76 Å². The maximum absolute atomic E-state index is 13.7. The van der Waals surface area contributed by atoms with Crippen molar-refractivity contribution in [3.8, 4) is 0 Å². The lowest BCUT2D eigenvalue weighted by Crippen LogP contribution is -2.62. The molecule has 4 heterocycles. The lowest BCUT2D eigenvalue weighted by atomic mass is 9.71. The van der Waals surface area contributed by atoms with Crippen molar-refractivity contribution in [3.05, 3.63) is 107 Å². The molecule has 3 aliphatic rings. The number of oxazole rings is 1. The number of aromatic nitrogens is 3. The molecule has 7 rings (SSSR count). The SMILES string of the molecule is CC1(C)C[C@@H]1C(=O)N1CC2(CN(C(=O)c3cnn(Cc4ccccc4)c3)CC2c2ncc(Cc3ccc(Cl)cc3)o2)C1. The second-order valence-electron chi connectivity index (χ2n) is 12.9. The van der Waals surface area contributed by atoms with Crippen LogP contribution in [0, 0.1) is 16.7 Å². The van der Waals surface area contributed by atoms with Gasteiger partial charge >= 0.3 is 0 Å². The highest BCUT2D eigenvalue weighted by atomic mass is 35.5. The number of nitrogens with zero attached hydrogens (tertiary/aromatic N) is 5. The van der Waals surface area contributed by atoms with E-state index in [1.54, 1.807) is 17.1 Å². The van der Waals surface area contributed by atoms with E-state index in [0.29, 0.717) is 55.6 Å². The van der Waals surface area contributed by atoms with Crippen LogP contribution in [-0.2, 0) is 17.8 Å². The summed E-state index contributed by atoms with van der Waals surface area (Å²) in [6.45, 7) is 7.15. The van der Waals surface area contributed by atoms with Gasteiger partial charge in [0.15, 0.2) is 5.89 Å². The summed E-state index contributed by atoms with van der Waals surface area (Å²) in [6, 6.07) is 17.8. The van der Waals surface area contributed by atoms with Crippen molar-refractivity contribution in [3.63, 3.8) is 0 Å². The second kappa shape index (κ2) is 10.1. The first kappa shape index (κ1) is 27.0. The molecule has 2 aromatic heterocycles. The van der Waals surface area contributed by atoms with Crippen molar-refractivity contribution in [2.75, 3.05) is 26.2 Å². The van der Waals surface area contributed by atoms with Crippen LogP contribution >= 0.6 is 11.6 Å². The molecule has 2 atom stereocenters. The average Bonchev–Trinajstić information content (AvgIpc) is 3.42. The molecule has 3 fully saturated rings. The third-order valence-electron chi connectivity index (χ3n) is 9.30. The maximum Gasteiger partial charge on any atom is 0.257 e. The Balaban J connectivity index is 1.10. The molecule has 2 aliphatic heterocycles. The van der Waals surface area contributed by atoms with Crippen LogP contribution in [0.3, 0.4) is 0 Å². The molecule has 2 aromatic carbocycles. The number of carbonyl (C=O) groups excluding carboxylic acids is 2. The average molecular weight is 584 g/mol. The van der Waals surface area contributed by atoms with Crippen molar-refractivity contribution in [2.45, 2.75) is 39.2 Å². The lowest BCUT2D eigenvalue weighted by Gasteiger charge is -2.50. The molecule has 4 aromatic rings. The smallest absolute Gasteiger partial charge is 0.257 e. The summed E-state index contributed by atoms with van der Waals surface area (Å²) in [7, 11) is 0. The first-order valence-electron chi connectivity index (χ1n) is 14.5.